The molecule has 3 heterocycles. The van der Waals surface area contributed by atoms with E-state index in [1.165, 1.54) is 0 Å². The number of morpholine rings is 1. The van der Waals surface area contributed by atoms with E-state index in [-0.39, 0.29) is 17.7 Å². The van der Waals surface area contributed by atoms with Crippen molar-refractivity contribution in [2.24, 2.45) is 0 Å². The van der Waals surface area contributed by atoms with Crippen LogP contribution in [0.4, 0.5) is 0 Å². The number of nitrogens with one attached hydrogen (secondary N) is 1. The molecule has 0 bridgehead atoms. The normalized spacial score (nSPS) is 19.1. The number of aromatic nitrogens is 2. The topological polar surface area (TPSA) is 81.7 Å². The first kappa shape index (κ1) is 20.1. The van der Waals surface area contributed by atoms with Gasteiger partial charge in [-0.25, -0.2) is 0 Å². The molecule has 8 heteroatoms. The molecule has 7 nitrogen and oxygen atoms in total. The molecule has 1 fully saturated rings. The summed E-state index contributed by atoms with van der Waals surface area (Å²) >= 11 is 6.06. The zero-order valence-electron chi connectivity index (χ0n) is 16.9. The molecule has 160 valence electrons. The number of aromatic amines is 1. The average molecular weight is 439 g/mol. The van der Waals surface area contributed by atoms with Crippen LogP contribution < -0.4 is 0 Å². The van der Waals surface area contributed by atoms with Crippen LogP contribution in [0.25, 0.3) is 11.3 Å². The summed E-state index contributed by atoms with van der Waals surface area (Å²) < 4.78 is 5.44. The van der Waals surface area contributed by atoms with Gasteiger partial charge in [0.25, 0.3) is 5.91 Å². The fourth-order valence-electron chi connectivity index (χ4n) is 4.33. The number of rotatable bonds is 5. The van der Waals surface area contributed by atoms with Crippen LogP contribution in [0.15, 0.2) is 48.5 Å². The number of halogens is 1. The molecule has 31 heavy (non-hydrogen) atoms. The Bertz CT molecular complexity index is 1080. The number of ether oxygens (including phenoxy) is 1. The van der Waals surface area contributed by atoms with E-state index in [0.717, 1.165) is 55.2 Å². The lowest BCUT2D eigenvalue weighted by molar-refractivity contribution is 0.0316. The molecule has 2 N–H and O–H groups in total. The van der Waals surface area contributed by atoms with Crippen molar-refractivity contribution in [3.63, 3.8) is 0 Å². The number of amides is 1. The van der Waals surface area contributed by atoms with E-state index in [9.17, 15) is 9.90 Å². The van der Waals surface area contributed by atoms with Gasteiger partial charge in [0, 0.05) is 42.3 Å². The van der Waals surface area contributed by atoms with Crippen molar-refractivity contribution < 1.29 is 14.6 Å². The van der Waals surface area contributed by atoms with Crippen LogP contribution in [0.2, 0.25) is 5.02 Å². The number of carbonyl (C=O) groups is 1. The minimum Gasteiger partial charge on any atom is -0.508 e. The SMILES string of the molecule is O=C1c2[nH]nc(-c3ccc(Cl)cc3)c2C(c2ccc(O)cc2)N1CCN1CCOCC1. The molecule has 1 atom stereocenters. The van der Waals surface area contributed by atoms with Crippen LogP contribution in [0.5, 0.6) is 5.75 Å². The highest BCUT2D eigenvalue weighted by Gasteiger charge is 2.42. The molecule has 0 spiro atoms. The number of H-pyrrole nitrogens is 1. The second-order valence-corrected chi connectivity index (χ2v) is 8.25. The van der Waals surface area contributed by atoms with Crippen molar-refractivity contribution in [1.29, 1.82) is 0 Å². The molecular weight excluding hydrogens is 416 g/mol. The Morgan fingerprint density at radius 1 is 1.06 bits per heavy atom. The number of hydrogen-bond donors (Lipinski definition) is 2. The van der Waals surface area contributed by atoms with Crippen LogP contribution >= 0.6 is 11.6 Å². The minimum atomic E-state index is -0.284. The summed E-state index contributed by atoms with van der Waals surface area (Å²) in [7, 11) is 0. The van der Waals surface area contributed by atoms with Crippen molar-refractivity contribution in [3.8, 4) is 17.0 Å². The van der Waals surface area contributed by atoms with Gasteiger partial charge in [0.05, 0.1) is 24.9 Å². The molecule has 1 aromatic heterocycles. The maximum atomic E-state index is 13.4. The molecule has 5 rings (SSSR count). The van der Waals surface area contributed by atoms with E-state index < -0.39 is 0 Å². The third-order valence-corrected chi connectivity index (χ3v) is 6.20. The van der Waals surface area contributed by atoms with E-state index in [1.54, 1.807) is 12.1 Å². The lowest BCUT2D eigenvalue weighted by Crippen LogP contribution is -2.42. The number of phenolic OH excluding ortho intramolecular Hbond substituents is 1. The highest BCUT2D eigenvalue weighted by atomic mass is 35.5. The zero-order valence-corrected chi connectivity index (χ0v) is 17.7. The first-order valence-electron chi connectivity index (χ1n) is 10.4. The lowest BCUT2D eigenvalue weighted by atomic mass is 9.96. The summed E-state index contributed by atoms with van der Waals surface area (Å²) in [5, 5.41) is 17.9. The molecular formula is C23H23ClN4O3. The van der Waals surface area contributed by atoms with Crippen LogP contribution in [-0.4, -0.2) is 70.4 Å². The largest absolute Gasteiger partial charge is 0.508 e. The smallest absolute Gasteiger partial charge is 0.273 e. The number of phenols is 1. The second kappa shape index (κ2) is 8.34. The van der Waals surface area contributed by atoms with E-state index in [2.05, 4.69) is 15.1 Å². The van der Waals surface area contributed by atoms with Crippen LogP contribution in [-0.2, 0) is 4.74 Å². The highest BCUT2D eigenvalue weighted by molar-refractivity contribution is 6.30. The van der Waals surface area contributed by atoms with Crippen molar-refractivity contribution in [2.75, 3.05) is 39.4 Å². The van der Waals surface area contributed by atoms with E-state index >= 15 is 0 Å². The Kier molecular flexibility index (Phi) is 5.40. The number of nitrogens with zero attached hydrogens (tertiary/aromatic N) is 3. The summed E-state index contributed by atoms with van der Waals surface area (Å²) in [6.45, 7) is 4.55. The summed E-state index contributed by atoms with van der Waals surface area (Å²) in [4.78, 5) is 17.6. The highest BCUT2D eigenvalue weighted by Crippen LogP contribution is 2.43. The van der Waals surface area contributed by atoms with Crippen molar-refractivity contribution in [3.05, 3.63) is 70.4 Å². The molecule has 1 saturated heterocycles. The van der Waals surface area contributed by atoms with Gasteiger partial charge in [0.2, 0.25) is 0 Å². The van der Waals surface area contributed by atoms with Gasteiger partial charge < -0.3 is 14.7 Å². The Hall–Kier alpha value is -2.87. The Morgan fingerprint density at radius 3 is 2.48 bits per heavy atom. The van der Waals surface area contributed by atoms with Gasteiger partial charge in [0.1, 0.15) is 11.4 Å². The van der Waals surface area contributed by atoms with Gasteiger partial charge >= 0.3 is 0 Å². The van der Waals surface area contributed by atoms with Crippen LogP contribution in [0, 0.1) is 0 Å². The third kappa shape index (κ3) is 3.80. The van der Waals surface area contributed by atoms with Gasteiger partial charge in [-0.2, -0.15) is 5.10 Å². The molecule has 1 amide bonds. The van der Waals surface area contributed by atoms with Gasteiger partial charge in [-0.05, 0) is 29.8 Å². The Balaban J connectivity index is 1.52. The predicted molar refractivity (Wildman–Crippen MR) is 117 cm³/mol. The number of aromatic hydroxyl groups is 1. The van der Waals surface area contributed by atoms with E-state index in [0.29, 0.717) is 17.3 Å². The number of fused-ring (bicyclic) bond motifs is 1. The van der Waals surface area contributed by atoms with Crippen molar-refractivity contribution in [2.45, 2.75) is 6.04 Å². The molecule has 2 aliphatic rings. The second-order valence-electron chi connectivity index (χ2n) is 7.81. The molecule has 1 unspecified atom stereocenters. The fourth-order valence-corrected chi connectivity index (χ4v) is 4.46. The lowest BCUT2D eigenvalue weighted by Gasteiger charge is -2.31. The molecule has 0 radical (unpaired) electrons. The standard InChI is InChI=1S/C23H23ClN4O3/c24-17-5-1-15(2-6-17)20-19-21(26-25-20)23(30)28(10-9-27-11-13-31-14-12-27)22(19)16-3-7-18(29)8-4-16/h1-8,22,29H,9-14H2,(H,25,26). The Morgan fingerprint density at radius 2 is 1.77 bits per heavy atom. The van der Waals surface area contributed by atoms with Gasteiger partial charge in [-0.3, -0.25) is 14.8 Å². The maximum absolute atomic E-state index is 13.4. The molecule has 2 aliphatic heterocycles. The molecule has 0 aliphatic carbocycles. The summed E-state index contributed by atoms with van der Waals surface area (Å²) in [6.07, 6.45) is 0. The van der Waals surface area contributed by atoms with Gasteiger partial charge in [-0.15, -0.1) is 0 Å². The van der Waals surface area contributed by atoms with Crippen LogP contribution in [0.3, 0.4) is 0 Å². The van der Waals surface area contributed by atoms with Crippen LogP contribution in [0.1, 0.15) is 27.7 Å². The number of benzene rings is 2. The van der Waals surface area contributed by atoms with E-state index in [4.69, 9.17) is 16.3 Å². The quantitative estimate of drug-likeness (QED) is 0.638. The number of carbonyl (C=O) groups excluding carboxylic acids is 1. The van der Waals surface area contributed by atoms with Gasteiger partial charge in [0.15, 0.2) is 0 Å². The fraction of sp³-hybridized carbons (Fsp3) is 0.304. The molecule has 3 aromatic rings. The first-order valence-corrected chi connectivity index (χ1v) is 10.7. The summed E-state index contributed by atoms with van der Waals surface area (Å²) in [6, 6.07) is 14.2. The average Bonchev–Trinajstić information content (AvgIpc) is 3.33. The Labute approximate surface area is 185 Å². The zero-order chi connectivity index (χ0) is 21.4. The predicted octanol–water partition coefficient (Wildman–Crippen LogP) is 3.31. The minimum absolute atomic E-state index is 0.0611. The number of hydrogen-bond acceptors (Lipinski definition) is 5. The summed E-state index contributed by atoms with van der Waals surface area (Å²) in [5.74, 6) is 0.132. The summed E-state index contributed by atoms with van der Waals surface area (Å²) in [5.41, 5.74) is 3.95. The molecule has 0 saturated carbocycles. The van der Waals surface area contributed by atoms with Gasteiger partial charge in [-0.1, -0.05) is 35.9 Å². The van der Waals surface area contributed by atoms with Crippen molar-refractivity contribution in [1.82, 2.24) is 20.0 Å². The first-order chi connectivity index (χ1) is 15.1. The monoisotopic (exact) mass is 438 g/mol. The van der Waals surface area contributed by atoms with Crippen molar-refractivity contribution >= 4 is 17.5 Å². The van der Waals surface area contributed by atoms with E-state index in [1.807, 2.05) is 41.3 Å². The molecule has 2 aromatic carbocycles. The maximum Gasteiger partial charge on any atom is 0.273 e. The third-order valence-electron chi connectivity index (χ3n) is 5.95.